The van der Waals surface area contributed by atoms with Crippen molar-refractivity contribution in [1.82, 2.24) is 0 Å². The van der Waals surface area contributed by atoms with Crippen LogP contribution in [0.15, 0.2) is 71.6 Å². The van der Waals surface area contributed by atoms with Gasteiger partial charge in [0.15, 0.2) is 9.84 Å². The molecule has 2 N–H and O–H groups in total. The van der Waals surface area contributed by atoms with E-state index in [1.807, 2.05) is 38.1 Å². The summed E-state index contributed by atoms with van der Waals surface area (Å²) in [5.74, 6) is -1.70. The van der Waals surface area contributed by atoms with Crippen LogP contribution in [0, 0.1) is 13.8 Å². The Hall–Kier alpha value is -3.45. The number of aryl methyl sites for hydroxylation is 3. The minimum Gasteiger partial charge on any atom is -0.326 e. The Morgan fingerprint density at radius 3 is 2.45 bits per heavy atom. The topological polar surface area (TPSA) is 92.3 Å². The van der Waals surface area contributed by atoms with Crippen LogP contribution in [0.5, 0.6) is 0 Å². The van der Waals surface area contributed by atoms with Crippen LogP contribution in [0.1, 0.15) is 34.6 Å². The highest BCUT2D eigenvalue weighted by Crippen LogP contribution is 2.29. The van der Waals surface area contributed by atoms with Crippen LogP contribution >= 0.6 is 0 Å². The predicted octanol–water partition coefficient (Wildman–Crippen LogP) is 4.38. The van der Waals surface area contributed by atoms with E-state index < -0.39 is 15.8 Å². The van der Waals surface area contributed by atoms with Crippen molar-refractivity contribution in [2.24, 2.45) is 0 Å². The molecule has 0 spiro atoms. The van der Waals surface area contributed by atoms with Crippen LogP contribution in [-0.2, 0) is 25.8 Å². The molecule has 6 nitrogen and oxygen atoms in total. The van der Waals surface area contributed by atoms with E-state index >= 15 is 0 Å². The van der Waals surface area contributed by atoms with Crippen molar-refractivity contribution in [1.29, 1.82) is 0 Å². The van der Waals surface area contributed by atoms with Gasteiger partial charge >= 0.3 is 0 Å². The molecule has 4 rings (SSSR count). The summed E-state index contributed by atoms with van der Waals surface area (Å²) in [6.45, 7) is 3.95. The summed E-state index contributed by atoms with van der Waals surface area (Å²) >= 11 is 0. The zero-order valence-electron chi connectivity index (χ0n) is 18.6. The molecular weight excluding hydrogens is 436 g/mol. The maximum atomic E-state index is 13.4. The highest BCUT2D eigenvalue weighted by Gasteiger charge is 2.29. The van der Waals surface area contributed by atoms with E-state index in [9.17, 15) is 18.0 Å². The second-order valence-electron chi connectivity index (χ2n) is 8.40. The van der Waals surface area contributed by atoms with Gasteiger partial charge in [0.1, 0.15) is 0 Å². The lowest BCUT2D eigenvalue weighted by Gasteiger charge is -2.20. The number of carbonyl (C=O) groups excluding carboxylic acids is 2. The Morgan fingerprint density at radius 1 is 0.970 bits per heavy atom. The molecule has 170 valence electrons. The Kier molecular flexibility index (Phi) is 6.33. The van der Waals surface area contributed by atoms with Crippen LogP contribution in [0.25, 0.3) is 0 Å². The molecule has 1 unspecified atom stereocenters. The highest BCUT2D eigenvalue weighted by molar-refractivity contribution is 7.91. The second-order valence-corrected chi connectivity index (χ2v) is 10.4. The van der Waals surface area contributed by atoms with E-state index in [1.54, 1.807) is 36.4 Å². The molecule has 0 fully saturated rings. The van der Waals surface area contributed by atoms with Gasteiger partial charge in [-0.1, -0.05) is 36.4 Å². The zero-order valence-corrected chi connectivity index (χ0v) is 19.4. The molecule has 1 aliphatic heterocycles. The average Bonchev–Trinajstić information content (AvgIpc) is 2.80. The molecule has 0 radical (unpaired) electrons. The first-order chi connectivity index (χ1) is 15.7. The number of benzene rings is 3. The van der Waals surface area contributed by atoms with Crippen molar-refractivity contribution in [3.05, 3.63) is 89.0 Å². The summed E-state index contributed by atoms with van der Waals surface area (Å²) in [6, 6.07) is 19.3. The van der Waals surface area contributed by atoms with Gasteiger partial charge < -0.3 is 10.6 Å². The van der Waals surface area contributed by atoms with Gasteiger partial charge in [-0.3, -0.25) is 9.59 Å². The first-order valence-corrected chi connectivity index (χ1v) is 12.5. The fourth-order valence-corrected chi connectivity index (χ4v) is 5.50. The number of rotatable bonds is 6. The summed E-state index contributed by atoms with van der Waals surface area (Å²) in [5, 5.41) is 5.65. The number of anilines is 2. The Bertz CT molecular complexity index is 1320. The zero-order chi connectivity index (χ0) is 23.6. The fraction of sp³-hybridized carbons (Fsp3) is 0.231. The van der Waals surface area contributed by atoms with E-state index in [2.05, 4.69) is 10.6 Å². The smallest absolute Gasteiger partial charge is 0.232 e. The van der Waals surface area contributed by atoms with Crippen molar-refractivity contribution in [2.75, 3.05) is 16.4 Å². The van der Waals surface area contributed by atoms with Crippen molar-refractivity contribution in [3.8, 4) is 0 Å². The molecule has 0 aliphatic carbocycles. The molecular formula is C26H26N2O4S. The minimum absolute atomic E-state index is 0.0785. The summed E-state index contributed by atoms with van der Waals surface area (Å²) < 4.78 is 26.7. The monoisotopic (exact) mass is 462 g/mol. The van der Waals surface area contributed by atoms with E-state index in [-0.39, 0.29) is 22.5 Å². The molecule has 1 heterocycles. The maximum Gasteiger partial charge on any atom is 0.232 e. The number of carbonyl (C=O) groups is 2. The number of hydrogen-bond acceptors (Lipinski definition) is 4. The lowest BCUT2D eigenvalue weighted by Crippen LogP contribution is -2.28. The molecule has 0 aromatic heterocycles. The number of nitrogens with one attached hydrogen (secondary N) is 2. The highest BCUT2D eigenvalue weighted by atomic mass is 32.2. The first kappa shape index (κ1) is 22.7. The third-order valence-electron chi connectivity index (χ3n) is 6.01. The summed E-state index contributed by atoms with van der Waals surface area (Å²) in [4.78, 5) is 25.0. The summed E-state index contributed by atoms with van der Waals surface area (Å²) in [6.07, 6.45) is 0.807. The van der Waals surface area contributed by atoms with Crippen molar-refractivity contribution < 1.29 is 18.0 Å². The lowest BCUT2D eigenvalue weighted by atomic mass is 10.00. The van der Waals surface area contributed by atoms with E-state index in [0.717, 1.165) is 16.7 Å². The molecule has 0 saturated heterocycles. The van der Waals surface area contributed by atoms with Gasteiger partial charge in [0, 0.05) is 17.8 Å². The third-order valence-corrected chi connectivity index (χ3v) is 7.75. The van der Waals surface area contributed by atoms with Crippen LogP contribution in [0.2, 0.25) is 0 Å². The lowest BCUT2D eigenvalue weighted by molar-refractivity contribution is -0.117. The Balaban J connectivity index is 1.63. The summed E-state index contributed by atoms with van der Waals surface area (Å²) in [7, 11) is -3.78. The van der Waals surface area contributed by atoms with E-state index in [0.29, 0.717) is 29.8 Å². The van der Waals surface area contributed by atoms with Crippen LogP contribution < -0.4 is 10.6 Å². The van der Waals surface area contributed by atoms with Gasteiger partial charge in [0.25, 0.3) is 0 Å². The largest absolute Gasteiger partial charge is 0.326 e. The van der Waals surface area contributed by atoms with Crippen molar-refractivity contribution in [2.45, 2.75) is 37.5 Å². The number of sulfone groups is 1. The predicted molar refractivity (Wildman–Crippen MR) is 129 cm³/mol. The van der Waals surface area contributed by atoms with Crippen LogP contribution in [-0.4, -0.2) is 26.0 Å². The Labute approximate surface area is 194 Å². The minimum atomic E-state index is -3.78. The molecule has 1 atom stereocenters. The Morgan fingerprint density at radius 2 is 1.73 bits per heavy atom. The van der Waals surface area contributed by atoms with Gasteiger partial charge in [0.2, 0.25) is 11.8 Å². The number of hydrogen-bond donors (Lipinski definition) is 2. The maximum absolute atomic E-state index is 13.4. The molecule has 0 bridgehead atoms. The van der Waals surface area contributed by atoms with Gasteiger partial charge in [-0.25, -0.2) is 8.42 Å². The van der Waals surface area contributed by atoms with Gasteiger partial charge in [-0.2, -0.15) is 0 Å². The van der Waals surface area contributed by atoms with Crippen LogP contribution in [0.4, 0.5) is 11.4 Å². The molecule has 3 aromatic carbocycles. The average molecular weight is 463 g/mol. The third kappa shape index (κ3) is 5.14. The number of fused-ring (bicyclic) bond motifs is 1. The first-order valence-electron chi connectivity index (χ1n) is 10.8. The standard InChI is InChI=1S/C26H26N2O4S/c1-17-8-10-21(14-18(17)2)27-26(30)23(19-6-4-3-5-7-19)16-33(31,32)22-11-12-24-20(15-22)9-13-25(29)28-24/h3-8,10-12,14-15,23H,9,13,16H2,1-2H3,(H,27,30)(H,28,29). The molecule has 3 aromatic rings. The molecule has 1 aliphatic rings. The SMILES string of the molecule is Cc1ccc(NC(=O)C(CS(=O)(=O)c2ccc3c(c2)CCC(=O)N3)c2ccccc2)cc1C. The molecule has 33 heavy (non-hydrogen) atoms. The van der Waals surface area contributed by atoms with Gasteiger partial charge in [-0.05, 0) is 72.9 Å². The number of amides is 2. The molecule has 2 amide bonds. The van der Waals surface area contributed by atoms with Gasteiger partial charge in [0.05, 0.1) is 16.6 Å². The summed E-state index contributed by atoms with van der Waals surface area (Å²) in [5.41, 5.74) is 4.83. The van der Waals surface area contributed by atoms with E-state index in [4.69, 9.17) is 0 Å². The quantitative estimate of drug-likeness (QED) is 0.568. The van der Waals surface area contributed by atoms with Crippen molar-refractivity contribution >= 4 is 33.0 Å². The molecule has 0 saturated carbocycles. The normalized spacial score (nSPS) is 14.2. The second kappa shape index (κ2) is 9.19. The van der Waals surface area contributed by atoms with Gasteiger partial charge in [-0.15, -0.1) is 0 Å². The van der Waals surface area contributed by atoms with E-state index in [1.165, 1.54) is 6.07 Å². The van der Waals surface area contributed by atoms with Crippen LogP contribution in [0.3, 0.4) is 0 Å². The van der Waals surface area contributed by atoms with Crippen molar-refractivity contribution in [3.63, 3.8) is 0 Å². The molecule has 7 heteroatoms. The fourth-order valence-electron chi connectivity index (χ4n) is 3.93.